The summed E-state index contributed by atoms with van der Waals surface area (Å²) < 4.78 is 10.4. The van der Waals surface area contributed by atoms with Crippen molar-refractivity contribution in [2.75, 3.05) is 38.4 Å². The molecule has 1 heterocycles. The molecule has 1 amide bonds. The summed E-state index contributed by atoms with van der Waals surface area (Å²) in [5, 5.41) is 6.81. The number of piperidine rings is 1. The first-order chi connectivity index (χ1) is 10.2. The Kier molecular flexibility index (Phi) is 6.20. The molecule has 2 N–H and O–H groups in total. The lowest BCUT2D eigenvalue weighted by molar-refractivity contribution is -0.113. The van der Waals surface area contributed by atoms with Gasteiger partial charge >= 0.3 is 0 Å². The van der Waals surface area contributed by atoms with Crippen molar-refractivity contribution >= 4 is 23.4 Å². The van der Waals surface area contributed by atoms with Crippen molar-refractivity contribution in [3.8, 4) is 11.5 Å². The van der Waals surface area contributed by atoms with Gasteiger partial charge in [-0.1, -0.05) is 0 Å². The van der Waals surface area contributed by atoms with Gasteiger partial charge in [0.1, 0.15) is 0 Å². The largest absolute Gasteiger partial charge is 0.493 e. The number of anilines is 1. The summed E-state index contributed by atoms with van der Waals surface area (Å²) in [6.45, 7) is 2.10. The predicted molar refractivity (Wildman–Crippen MR) is 86.5 cm³/mol. The molecule has 116 valence electrons. The Balaban J connectivity index is 1.84. The molecule has 1 aromatic rings. The van der Waals surface area contributed by atoms with Gasteiger partial charge in [0, 0.05) is 17.0 Å². The smallest absolute Gasteiger partial charge is 0.234 e. The monoisotopic (exact) mass is 310 g/mol. The summed E-state index contributed by atoms with van der Waals surface area (Å²) in [5.41, 5.74) is 0.726. The molecule has 1 saturated heterocycles. The van der Waals surface area contributed by atoms with Crippen molar-refractivity contribution in [3.05, 3.63) is 18.2 Å². The summed E-state index contributed by atoms with van der Waals surface area (Å²) in [7, 11) is 3.17. The first-order valence-electron chi connectivity index (χ1n) is 7.07. The Hall–Kier alpha value is -1.40. The van der Waals surface area contributed by atoms with Crippen molar-refractivity contribution in [2.24, 2.45) is 0 Å². The number of hydrogen-bond acceptors (Lipinski definition) is 5. The zero-order chi connectivity index (χ0) is 15.1. The molecule has 0 aromatic heterocycles. The van der Waals surface area contributed by atoms with E-state index >= 15 is 0 Å². The fraction of sp³-hybridized carbons (Fsp3) is 0.533. The van der Waals surface area contributed by atoms with Crippen LogP contribution in [0.15, 0.2) is 18.2 Å². The van der Waals surface area contributed by atoms with Crippen molar-refractivity contribution in [1.82, 2.24) is 5.32 Å². The van der Waals surface area contributed by atoms with Crippen LogP contribution in [-0.4, -0.2) is 44.2 Å². The molecular weight excluding hydrogens is 288 g/mol. The molecule has 5 nitrogen and oxygen atoms in total. The second kappa shape index (κ2) is 8.14. The van der Waals surface area contributed by atoms with Gasteiger partial charge in [-0.2, -0.15) is 0 Å². The van der Waals surface area contributed by atoms with Gasteiger partial charge in [-0.05, 0) is 38.1 Å². The minimum atomic E-state index is 0.0192. The third kappa shape index (κ3) is 4.82. The molecule has 0 atom stereocenters. The molecule has 1 aromatic carbocycles. The Labute approximate surface area is 129 Å². The molecular formula is C15H22N2O3S. The van der Waals surface area contributed by atoms with Crippen LogP contribution in [-0.2, 0) is 4.79 Å². The molecule has 0 saturated carbocycles. The Bertz CT molecular complexity index is 476. The molecule has 2 rings (SSSR count). The lowest BCUT2D eigenvalue weighted by atomic mass is 10.2. The number of carbonyl (C=O) groups is 1. The molecule has 1 fully saturated rings. The predicted octanol–water partition coefficient (Wildman–Crippen LogP) is 2.13. The van der Waals surface area contributed by atoms with Gasteiger partial charge in [0.25, 0.3) is 0 Å². The summed E-state index contributed by atoms with van der Waals surface area (Å²) in [6.07, 6.45) is 2.27. The lowest BCUT2D eigenvalue weighted by Crippen LogP contribution is -2.30. The molecule has 0 bridgehead atoms. The van der Waals surface area contributed by atoms with E-state index in [1.165, 1.54) is 0 Å². The fourth-order valence-electron chi connectivity index (χ4n) is 2.27. The molecule has 21 heavy (non-hydrogen) atoms. The number of ether oxygens (including phenoxy) is 2. The topological polar surface area (TPSA) is 59.6 Å². The molecule has 0 unspecified atom stereocenters. The minimum Gasteiger partial charge on any atom is -0.493 e. The van der Waals surface area contributed by atoms with Gasteiger partial charge in [0.2, 0.25) is 5.91 Å². The number of carbonyl (C=O) groups excluding carboxylic acids is 1. The Morgan fingerprint density at radius 3 is 2.67 bits per heavy atom. The zero-order valence-electron chi connectivity index (χ0n) is 12.5. The average molecular weight is 310 g/mol. The highest BCUT2D eigenvalue weighted by atomic mass is 32.2. The van der Waals surface area contributed by atoms with E-state index in [1.54, 1.807) is 38.1 Å². The maximum Gasteiger partial charge on any atom is 0.234 e. The second-order valence-electron chi connectivity index (χ2n) is 4.88. The number of benzene rings is 1. The number of amides is 1. The highest BCUT2D eigenvalue weighted by Crippen LogP contribution is 2.30. The van der Waals surface area contributed by atoms with Gasteiger partial charge in [-0.3, -0.25) is 4.79 Å². The van der Waals surface area contributed by atoms with E-state index in [0.717, 1.165) is 31.6 Å². The molecule has 0 spiro atoms. The van der Waals surface area contributed by atoms with E-state index in [-0.39, 0.29) is 5.91 Å². The normalized spacial score (nSPS) is 15.5. The standard InChI is InChI=1S/C15H22N2O3S/c1-19-13-4-3-11(9-14(13)20-2)17-15(18)10-21-12-5-7-16-8-6-12/h3-4,9,12,16H,5-8,10H2,1-2H3,(H,17,18). The van der Waals surface area contributed by atoms with Crippen LogP contribution in [0.4, 0.5) is 5.69 Å². The van der Waals surface area contributed by atoms with E-state index in [9.17, 15) is 4.79 Å². The van der Waals surface area contributed by atoms with Gasteiger partial charge in [0.15, 0.2) is 11.5 Å². The quantitative estimate of drug-likeness (QED) is 0.843. The van der Waals surface area contributed by atoms with Gasteiger partial charge < -0.3 is 20.1 Å². The first-order valence-corrected chi connectivity index (χ1v) is 8.12. The summed E-state index contributed by atoms with van der Waals surface area (Å²) in [6, 6.07) is 5.37. The summed E-state index contributed by atoms with van der Waals surface area (Å²) >= 11 is 1.73. The van der Waals surface area contributed by atoms with Crippen LogP contribution in [0.5, 0.6) is 11.5 Å². The van der Waals surface area contributed by atoms with Gasteiger partial charge in [-0.25, -0.2) is 0 Å². The molecule has 0 aliphatic carbocycles. The minimum absolute atomic E-state index is 0.0192. The molecule has 6 heteroatoms. The zero-order valence-corrected chi connectivity index (χ0v) is 13.3. The number of thioether (sulfide) groups is 1. The number of hydrogen-bond donors (Lipinski definition) is 2. The number of rotatable bonds is 6. The third-order valence-corrected chi connectivity index (χ3v) is 4.78. The Morgan fingerprint density at radius 1 is 1.29 bits per heavy atom. The average Bonchev–Trinajstić information content (AvgIpc) is 2.53. The van der Waals surface area contributed by atoms with Gasteiger partial charge in [-0.15, -0.1) is 11.8 Å². The number of methoxy groups -OCH3 is 2. The van der Waals surface area contributed by atoms with E-state index in [0.29, 0.717) is 22.5 Å². The van der Waals surface area contributed by atoms with Crippen molar-refractivity contribution in [3.63, 3.8) is 0 Å². The van der Waals surface area contributed by atoms with E-state index in [4.69, 9.17) is 9.47 Å². The van der Waals surface area contributed by atoms with E-state index < -0.39 is 0 Å². The first kappa shape index (κ1) is 16.0. The maximum atomic E-state index is 12.0. The second-order valence-corrected chi connectivity index (χ2v) is 6.17. The van der Waals surface area contributed by atoms with Crippen molar-refractivity contribution in [1.29, 1.82) is 0 Å². The highest BCUT2D eigenvalue weighted by Gasteiger charge is 2.15. The summed E-state index contributed by atoms with van der Waals surface area (Å²) in [5.74, 6) is 1.77. The maximum absolute atomic E-state index is 12.0. The van der Waals surface area contributed by atoms with Crippen LogP contribution in [0.1, 0.15) is 12.8 Å². The van der Waals surface area contributed by atoms with Crippen LogP contribution < -0.4 is 20.1 Å². The van der Waals surface area contributed by atoms with E-state index in [1.807, 2.05) is 6.07 Å². The SMILES string of the molecule is COc1ccc(NC(=O)CSC2CCNCC2)cc1OC. The van der Waals surface area contributed by atoms with Crippen molar-refractivity contribution in [2.45, 2.75) is 18.1 Å². The van der Waals surface area contributed by atoms with Crippen LogP contribution in [0.2, 0.25) is 0 Å². The number of nitrogens with one attached hydrogen (secondary N) is 2. The third-order valence-electron chi connectivity index (χ3n) is 3.40. The highest BCUT2D eigenvalue weighted by molar-refractivity contribution is 8.00. The van der Waals surface area contributed by atoms with Crippen LogP contribution in [0.25, 0.3) is 0 Å². The van der Waals surface area contributed by atoms with Gasteiger partial charge in [0.05, 0.1) is 20.0 Å². The Morgan fingerprint density at radius 2 is 2.00 bits per heavy atom. The molecule has 1 aliphatic rings. The van der Waals surface area contributed by atoms with Crippen molar-refractivity contribution < 1.29 is 14.3 Å². The molecule has 1 aliphatic heterocycles. The molecule has 0 radical (unpaired) electrons. The van der Waals surface area contributed by atoms with Crippen LogP contribution in [0.3, 0.4) is 0 Å². The van der Waals surface area contributed by atoms with E-state index in [2.05, 4.69) is 10.6 Å². The fourth-order valence-corrected chi connectivity index (χ4v) is 3.29. The summed E-state index contributed by atoms with van der Waals surface area (Å²) in [4.78, 5) is 12.0. The lowest BCUT2D eigenvalue weighted by Gasteiger charge is -2.21. The van der Waals surface area contributed by atoms with Crippen LogP contribution >= 0.6 is 11.8 Å². The van der Waals surface area contributed by atoms with Crippen LogP contribution in [0, 0.1) is 0 Å².